The van der Waals surface area contributed by atoms with Gasteiger partial charge >= 0.3 is 0 Å². The molecular formula is C19H23N3O2. The summed E-state index contributed by atoms with van der Waals surface area (Å²) in [6, 6.07) is 15.3. The molecule has 0 fully saturated rings. The standard InChI is InChI=1S/C19H23N3O2/c1-14-6-3-4-7-16(14)13-20-11-10-19(24)22-18-9-5-8-17(12-18)21-15(2)23/h3-9,12,20H,10-11,13H2,1-2H3,(H,21,23)(H,22,24). The second-order valence-electron chi connectivity index (χ2n) is 5.66. The molecule has 0 spiro atoms. The van der Waals surface area contributed by atoms with Crippen molar-refractivity contribution in [3.05, 3.63) is 59.7 Å². The predicted molar refractivity (Wildman–Crippen MR) is 96.9 cm³/mol. The normalized spacial score (nSPS) is 10.2. The molecule has 0 saturated heterocycles. The molecule has 2 aromatic rings. The van der Waals surface area contributed by atoms with Gasteiger partial charge in [-0.2, -0.15) is 0 Å². The van der Waals surface area contributed by atoms with Crippen LogP contribution in [0.25, 0.3) is 0 Å². The lowest BCUT2D eigenvalue weighted by Gasteiger charge is -2.09. The maximum Gasteiger partial charge on any atom is 0.225 e. The highest BCUT2D eigenvalue weighted by Gasteiger charge is 2.04. The highest BCUT2D eigenvalue weighted by molar-refractivity contribution is 5.93. The molecule has 0 aliphatic rings. The first-order valence-electron chi connectivity index (χ1n) is 7.97. The summed E-state index contributed by atoms with van der Waals surface area (Å²) in [4.78, 5) is 23.0. The van der Waals surface area contributed by atoms with E-state index < -0.39 is 0 Å². The molecule has 0 heterocycles. The zero-order valence-electron chi connectivity index (χ0n) is 14.1. The number of aryl methyl sites for hydroxylation is 1. The van der Waals surface area contributed by atoms with Crippen molar-refractivity contribution >= 4 is 23.2 Å². The van der Waals surface area contributed by atoms with E-state index in [0.29, 0.717) is 24.3 Å². The first kappa shape index (κ1) is 17.7. The first-order chi connectivity index (χ1) is 11.5. The van der Waals surface area contributed by atoms with Crippen LogP contribution in [0, 0.1) is 6.92 Å². The zero-order valence-corrected chi connectivity index (χ0v) is 14.1. The number of hydrogen-bond donors (Lipinski definition) is 3. The van der Waals surface area contributed by atoms with E-state index in [1.807, 2.05) is 12.1 Å². The molecule has 0 radical (unpaired) electrons. The summed E-state index contributed by atoms with van der Waals surface area (Å²) >= 11 is 0. The molecule has 5 heteroatoms. The molecule has 126 valence electrons. The molecule has 0 aliphatic carbocycles. The Morgan fingerprint density at radius 2 is 1.67 bits per heavy atom. The van der Waals surface area contributed by atoms with Gasteiger partial charge in [-0.3, -0.25) is 9.59 Å². The third-order valence-corrected chi connectivity index (χ3v) is 3.57. The Morgan fingerprint density at radius 3 is 2.38 bits per heavy atom. The Morgan fingerprint density at radius 1 is 0.958 bits per heavy atom. The maximum atomic E-state index is 12.0. The minimum Gasteiger partial charge on any atom is -0.326 e. The average molecular weight is 325 g/mol. The van der Waals surface area contributed by atoms with Crippen molar-refractivity contribution in [1.82, 2.24) is 5.32 Å². The van der Waals surface area contributed by atoms with Gasteiger partial charge in [0.1, 0.15) is 0 Å². The monoisotopic (exact) mass is 325 g/mol. The molecular weight excluding hydrogens is 302 g/mol. The number of rotatable bonds is 7. The van der Waals surface area contributed by atoms with Gasteiger partial charge in [-0.1, -0.05) is 30.3 Å². The summed E-state index contributed by atoms with van der Waals surface area (Å²) < 4.78 is 0. The first-order valence-corrected chi connectivity index (χ1v) is 7.97. The van der Waals surface area contributed by atoms with E-state index in [9.17, 15) is 9.59 Å². The van der Waals surface area contributed by atoms with Gasteiger partial charge in [-0.15, -0.1) is 0 Å². The molecule has 5 nitrogen and oxygen atoms in total. The minimum absolute atomic E-state index is 0.0627. The van der Waals surface area contributed by atoms with E-state index in [2.05, 4.69) is 35.0 Å². The van der Waals surface area contributed by atoms with Gasteiger partial charge in [-0.25, -0.2) is 0 Å². The zero-order chi connectivity index (χ0) is 17.4. The van der Waals surface area contributed by atoms with Gasteiger partial charge in [-0.05, 0) is 36.2 Å². The third kappa shape index (κ3) is 5.85. The Kier molecular flexibility index (Phi) is 6.51. The fourth-order valence-corrected chi connectivity index (χ4v) is 2.33. The molecule has 3 N–H and O–H groups in total. The van der Waals surface area contributed by atoms with Crippen LogP contribution in [-0.4, -0.2) is 18.4 Å². The molecule has 0 unspecified atom stereocenters. The second-order valence-corrected chi connectivity index (χ2v) is 5.66. The van der Waals surface area contributed by atoms with Crippen LogP contribution in [0.15, 0.2) is 48.5 Å². The summed E-state index contributed by atoms with van der Waals surface area (Å²) in [6.45, 7) is 4.88. The van der Waals surface area contributed by atoms with Crippen LogP contribution >= 0.6 is 0 Å². The molecule has 2 amide bonds. The number of amides is 2. The number of carbonyl (C=O) groups excluding carboxylic acids is 2. The van der Waals surface area contributed by atoms with Crippen LogP contribution in [0.3, 0.4) is 0 Å². The highest BCUT2D eigenvalue weighted by atomic mass is 16.2. The maximum absolute atomic E-state index is 12.0. The fraction of sp³-hybridized carbons (Fsp3) is 0.263. The topological polar surface area (TPSA) is 70.2 Å². The van der Waals surface area contributed by atoms with E-state index in [1.165, 1.54) is 18.1 Å². The van der Waals surface area contributed by atoms with Gasteiger partial charge in [0.05, 0.1) is 0 Å². The van der Waals surface area contributed by atoms with Crippen LogP contribution in [0.2, 0.25) is 0 Å². The minimum atomic E-state index is -0.140. The SMILES string of the molecule is CC(=O)Nc1cccc(NC(=O)CCNCc2ccccc2C)c1. The van der Waals surface area contributed by atoms with E-state index in [0.717, 1.165) is 6.54 Å². The molecule has 0 atom stereocenters. The molecule has 0 bridgehead atoms. The van der Waals surface area contributed by atoms with Crippen molar-refractivity contribution in [2.45, 2.75) is 26.8 Å². The number of carbonyl (C=O) groups is 2. The molecule has 0 aromatic heterocycles. The predicted octanol–water partition coefficient (Wildman–Crippen LogP) is 3.07. The molecule has 2 rings (SSSR count). The van der Waals surface area contributed by atoms with Crippen LogP contribution in [0.1, 0.15) is 24.5 Å². The largest absolute Gasteiger partial charge is 0.326 e. The number of anilines is 2. The summed E-state index contributed by atoms with van der Waals surface area (Å²) in [5.41, 5.74) is 3.81. The molecule has 24 heavy (non-hydrogen) atoms. The number of hydrogen-bond acceptors (Lipinski definition) is 3. The van der Waals surface area contributed by atoms with Crippen molar-refractivity contribution in [2.75, 3.05) is 17.2 Å². The van der Waals surface area contributed by atoms with Gasteiger partial charge in [0, 0.05) is 37.8 Å². The van der Waals surface area contributed by atoms with Crippen LogP contribution in [0.4, 0.5) is 11.4 Å². The number of benzene rings is 2. The fourth-order valence-electron chi connectivity index (χ4n) is 2.33. The summed E-state index contributed by atoms with van der Waals surface area (Å²) in [7, 11) is 0. The lowest BCUT2D eigenvalue weighted by Crippen LogP contribution is -2.21. The summed E-state index contributed by atoms with van der Waals surface area (Å²) in [5.74, 6) is -0.203. The van der Waals surface area contributed by atoms with E-state index in [-0.39, 0.29) is 11.8 Å². The lowest BCUT2D eigenvalue weighted by molar-refractivity contribution is -0.116. The smallest absolute Gasteiger partial charge is 0.225 e. The highest BCUT2D eigenvalue weighted by Crippen LogP contribution is 2.15. The van der Waals surface area contributed by atoms with Crippen molar-refractivity contribution in [2.24, 2.45) is 0 Å². The van der Waals surface area contributed by atoms with Gasteiger partial charge < -0.3 is 16.0 Å². The van der Waals surface area contributed by atoms with Gasteiger partial charge in [0.2, 0.25) is 11.8 Å². The van der Waals surface area contributed by atoms with E-state index >= 15 is 0 Å². The van der Waals surface area contributed by atoms with Crippen molar-refractivity contribution in [3.63, 3.8) is 0 Å². The van der Waals surface area contributed by atoms with Crippen LogP contribution in [-0.2, 0) is 16.1 Å². The van der Waals surface area contributed by atoms with Crippen molar-refractivity contribution in [3.8, 4) is 0 Å². The van der Waals surface area contributed by atoms with E-state index in [4.69, 9.17) is 0 Å². The van der Waals surface area contributed by atoms with E-state index in [1.54, 1.807) is 24.3 Å². The summed E-state index contributed by atoms with van der Waals surface area (Å²) in [6.07, 6.45) is 0.385. The number of nitrogens with one attached hydrogen (secondary N) is 3. The Balaban J connectivity index is 1.75. The molecule has 0 aliphatic heterocycles. The Bertz CT molecular complexity index is 713. The Hall–Kier alpha value is -2.66. The van der Waals surface area contributed by atoms with Crippen molar-refractivity contribution < 1.29 is 9.59 Å². The van der Waals surface area contributed by atoms with Gasteiger partial charge in [0.25, 0.3) is 0 Å². The molecule has 0 saturated carbocycles. The Labute approximate surface area is 142 Å². The van der Waals surface area contributed by atoms with Crippen LogP contribution < -0.4 is 16.0 Å². The lowest BCUT2D eigenvalue weighted by atomic mass is 10.1. The molecule has 2 aromatic carbocycles. The summed E-state index contributed by atoms with van der Waals surface area (Å²) in [5, 5.41) is 8.81. The third-order valence-electron chi connectivity index (χ3n) is 3.57. The average Bonchev–Trinajstić information content (AvgIpc) is 2.53. The van der Waals surface area contributed by atoms with Crippen LogP contribution in [0.5, 0.6) is 0 Å². The second kappa shape index (κ2) is 8.84. The van der Waals surface area contributed by atoms with Gasteiger partial charge in [0.15, 0.2) is 0 Å². The van der Waals surface area contributed by atoms with Crippen molar-refractivity contribution in [1.29, 1.82) is 0 Å². The quantitative estimate of drug-likeness (QED) is 0.685.